The fourth-order valence-corrected chi connectivity index (χ4v) is 4.54. The molecule has 0 radical (unpaired) electrons. The summed E-state index contributed by atoms with van der Waals surface area (Å²) in [7, 11) is 0. The molecule has 8 nitrogen and oxygen atoms in total. The van der Waals surface area contributed by atoms with Crippen LogP contribution in [0.3, 0.4) is 0 Å². The smallest absolute Gasteiger partial charge is 0.245 e. The second-order valence-corrected chi connectivity index (χ2v) is 8.41. The van der Waals surface area contributed by atoms with E-state index >= 15 is 0 Å². The highest BCUT2D eigenvalue weighted by Gasteiger charge is 2.38. The van der Waals surface area contributed by atoms with Crippen LogP contribution >= 0.6 is 0 Å². The van der Waals surface area contributed by atoms with Gasteiger partial charge in [-0.25, -0.2) is 0 Å². The zero-order valence-corrected chi connectivity index (χ0v) is 18.1. The van der Waals surface area contributed by atoms with E-state index in [9.17, 15) is 19.2 Å². The average Bonchev–Trinajstić information content (AvgIpc) is 3.11. The molecule has 0 saturated carbocycles. The quantitative estimate of drug-likeness (QED) is 0.586. The SMILES string of the molecule is CCC(NC=O)C(=O)N1CCCCC1C(=O)NC(C)C(=O)N1CC(C)CC1CC. The van der Waals surface area contributed by atoms with Crippen molar-refractivity contribution in [3.8, 4) is 0 Å². The highest BCUT2D eigenvalue weighted by molar-refractivity contribution is 5.93. The maximum absolute atomic E-state index is 13.0. The van der Waals surface area contributed by atoms with E-state index in [1.54, 1.807) is 11.8 Å². The first-order valence-corrected chi connectivity index (χ1v) is 10.9. The second kappa shape index (κ2) is 10.6. The highest BCUT2D eigenvalue weighted by atomic mass is 16.2. The van der Waals surface area contributed by atoms with Crippen molar-refractivity contribution in [3.63, 3.8) is 0 Å². The third-order valence-corrected chi connectivity index (χ3v) is 6.17. The summed E-state index contributed by atoms with van der Waals surface area (Å²) in [5.74, 6) is -0.121. The standard InChI is InChI=1S/C21H36N4O4/c1-5-16-11-14(3)12-25(16)20(28)15(4)23-19(27)18-9-7-8-10-24(18)21(29)17(6-2)22-13-26/h13-18H,5-12H2,1-4H3,(H,22,26)(H,23,27). The summed E-state index contributed by atoms with van der Waals surface area (Å²) in [6.45, 7) is 8.96. The lowest BCUT2D eigenvalue weighted by molar-refractivity contribution is -0.145. The van der Waals surface area contributed by atoms with Crippen LogP contribution in [0, 0.1) is 5.92 Å². The molecule has 0 aromatic rings. The number of amides is 4. The Labute approximate surface area is 173 Å². The Morgan fingerprint density at radius 1 is 1.14 bits per heavy atom. The normalized spacial score (nSPS) is 26.6. The molecule has 5 atom stereocenters. The number of carbonyl (C=O) groups excluding carboxylic acids is 4. The van der Waals surface area contributed by atoms with Gasteiger partial charge in [0.05, 0.1) is 0 Å². The van der Waals surface area contributed by atoms with Crippen LogP contribution in [0.15, 0.2) is 0 Å². The fraction of sp³-hybridized carbons (Fsp3) is 0.810. The van der Waals surface area contributed by atoms with E-state index in [0.29, 0.717) is 31.7 Å². The van der Waals surface area contributed by atoms with E-state index < -0.39 is 18.1 Å². The molecule has 4 amide bonds. The highest BCUT2D eigenvalue weighted by Crippen LogP contribution is 2.26. The first-order valence-electron chi connectivity index (χ1n) is 10.9. The van der Waals surface area contributed by atoms with Crippen molar-refractivity contribution < 1.29 is 19.2 Å². The molecular weight excluding hydrogens is 372 g/mol. The molecule has 2 saturated heterocycles. The summed E-state index contributed by atoms with van der Waals surface area (Å²) >= 11 is 0. The largest absolute Gasteiger partial charge is 0.347 e. The van der Waals surface area contributed by atoms with Gasteiger partial charge in [0.2, 0.25) is 24.1 Å². The predicted octanol–water partition coefficient (Wildman–Crippen LogP) is 1.04. The van der Waals surface area contributed by atoms with Crippen LogP contribution in [0.1, 0.15) is 66.2 Å². The zero-order chi connectivity index (χ0) is 21.6. The molecule has 29 heavy (non-hydrogen) atoms. The number of rotatable bonds is 8. The third-order valence-electron chi connectivity index (χ3n) is 6.17. The first-order chi connectivity index (χ1) is 13.8. The van der Waals surface area contributed by atoms with Gasteiger partial charge in [-0.3, -0.25) is 19.2 Å². The van der Waals surface area contributed by atoms with Crippen molar-refractivity contribution in [2.45, 2.75) is 90.4 Å². The number of piperidine rings is 1. The summed E-state index contributed by atoms with van der Waals surface area (Å²) in [5, 5.41) is 5.38. The first kappa shape index (κ1) is 23.2. The minimum absolute atomic E-state index is 0.0581. The van der Waals surface area contributed by atoms with E-state index in [4.69, 9.17) is 0 Å². The molecular formula is C21H36N4O4. The monoisotopic (exact) mass is 408 g/mol. The number of hydrogen-bond donors (Lipinski definition) is 2. The van der Waals surface area contributed by atoms with Gasteiger partial charge in [0.25, 0.3) is 0 Å². The Kier molecular flexibility index (Phi) is 8.46. The van der Waals surface area contributed by atoms with Gasteiger partial charge in [-0.15, -0.1) is 0 Å². The van der Waals surface area contributed by atoms with E-state index in [2.05, 4.69) is 24.5 Å². The summed E-state index contributed by atoms with van der Waals surface area (Å²) < 4.78 is 0. The molecule has 2 heterocycles. The van der Waals surface area contributed by atoms with Gasteiger partial charge in [-0.05, 0) is 51.4 Å². The van der Waals surface area contributed by atoms with Crippen LogP contribution in [0.25, 0.3) is 0 Å². The number of hydrogen-bond acceptors (Lipinski definition) is 4. The van der Waals surface area contributed by atoms with Crippen molar-refractivity contribution in [1.29, 1.82) is 0 Å². The van der Waals surface area contributed by atoms with Gasteiger partial charge in [-0.1, -0.05) is 20.8 Å². The van der Waals surface area contributed by atoms with Gasteiger partial charge in [-0.2, -0.15) is 0 Å². The summed E-state index contributed by atoms with van der Waals surface area (Å²) in [6, 6.07) is -1.63. The number of likely N-dealkylation sites (tertiary alicyclic amines) is 2. The molecule has 2 rings (SSSR count). The predicted molar refractivity (Wildman–Crippen MR) is 110 cm³/mol. The topological polar surface area (TPSA) is 98.8 Å². The Morgan fingerprint density at radius 2 is 1.86 bits per heavy atom. The van der Waals surface area contributed by atoms with Crippen LogP contribution in [-0.4, -0.2) is 71.2 Å². The summed E-state index contributed by atoms with van der Waals surface area (Å²) in [4.78, 5) is 53.0. The minimum Gasteiger partial charge on any atom is -0.347 e. The lowest BCUT2D eigenvalue weighted by Crippen LogP contribution is -2.59. The lowest BCUT2D eigenvalue weighted by Gasteiger charge is -2.37. The third kappa shape index (κ3) is 5.48. The Hall–Kier alpha value is -2.12. The van der Waals surface area contributed by atoms with Crippen LogP contribution in [0.2, 0.25) is 0 Å². The van der Waals surface area contributed by atoms with Crippen LogP contribution in [-0.2, 0) is 19.2 Å². The van der Waals surface area contributed by atoms with Gasteiger partial charge < -0.3 is 20.4 Å². The number of nitrogens with one attached hydrogen (secondary N) is 2. The Bertz CT molecular complexity index is 611. The molecule has 2 N–H and O–H groups in total. The molecule has 0 spiro atoms. The minimum atomic E-state index is -0.629. The second-order valence-electron chi connectivity index (χ2n) is 8.41. The fourth-order valence-electron chi connectivity index (χ4n) is 4.54. The van der Waals surface area contributed by atoms with Gasteiger partial charge in [0, 0.05) is 19.1 Å². The number of carbonyl (C=O) groups is 4. The van der Waals surface area contributed by atoms with Crippen molar-refractivity contribution >= 4 is 24.1 Å². The lowest BCUT2D eigenvalue weighted by atomic mass is 9.99. The van der Waals surface area contributed by atoms with E-state index in [-0.39, 0.29) is 23.8 Å². The molecule has 8 heteroatoms. The molecule has 2 aliphatic heterocycles. The van der Waals surface area contributed by atoms with Gasteiger partial charge in [0.15, 0.2) is 0 Å². The Morgan fingerprint density at radius 3 is 2.48 bits per heavy atom. The number of nitrogens with zero attached hydrogens (tertiary/aromatic N) is 2. The van der Waals surface area contributed by atoms with Crippen molar-refractivity contribution in [3.05, 3.63) is 0 Å². The molecule has 164 valence electrons. The molecule has 0 bridgehead atoms. The molecule has 2 aliphatic rings. The molecule has 0 aliphatic carbocycles. The molecule has 0 aromatic heterocycles. The zero-order valence-electron chi connectivity index (χ0n) is 18.1. The van der Waals surface area contributed by atoms with E-state index in [1.807, 2.05) is 11.8 Å². The Balaban J connectivity index is 2.04. The maximum atomic E-state index is 13.0. The van der Waals surface area contributed by atoms with Crippen LogP contribution in [0.5, 0.6) is 0 Å². The van der Waals surface area contributed by atoms with Gasteiger partial charge >= 0.3 is 0 Å². The molecule has 0 aromatic carbocycles. The van der Waals surface area contributed by atoms with E-state index in [1.165, 1.54) is 0 Å². The van der Waals surface area contributed by atoms with Crippen molar-refractivity contribution in [1.82, 2.24) is 20.4 Å². The maximum Gasteiger partial charge on any atom is 0.245 e. The van der Waals surface area contributed by atoms with Crippen LogP contribution in [0.4, 0.5) is 0 Å². The summed E-state index contributed by atoms with van der Waals surface area (Å²) in [6.07, 6.45) is 5.12. The van der Waals surface area contributed by atoms with Crippen LogP contribution < -0.4 is 10.6 Å². The molecule has 5 unspecified atom stereocenters. The van der Waals surface area contributed by atoms with Crippen molar-refractivity contribution in [2.75, 3.05) is 13.1 Å². The van der Waals surface area contributed by atoms with Gasteiger partial charge in [0.1, 0.15) is 18.1 Å². The summed E-state index contributed by atoms with van der Waals surface area (Å²) in [5.41, 5.74) is 0. The van der Waals surface area contributed by atoms with Crippen molar-refractivity contribution in [2.24, 2.45) is 5.92 Å². The average molecular weight is 409 g/mol. The van der Waals surface area contributed by atoms with E-state index in [0.717, 1.165) is 32.2 Å². The molecule has 2 fully saturated rings.